The molecule has 3 nitrogen and oxygen atoms in total. The SMILES string of the molecule is CNC=CC(=N)N. The number of hydrogen-bond donors (Lipinski definition) is 3. The molecule has 0 aliphatic rings. The van der Waals surface area contributed by atoms with Gasteiger partial charge in [-0.05, 0) is 12.3 Å². The fourth-order valence-corrected chi connectivity index (χ4v) is 0.173. The van der Waals surface area contributed by atoms with Gasteiger partial charge < -0.3 is 11.1 Å². The third-order valence-corrected chi connectivity index (χ3v) is 0.430. The quantitative estimate of drug-likeness (QED) is 0.327. The van der Waals surface area contributed by atoms with Crippen molar-refractivity contribution in [3.8, 4) is 0 Å². The van der Waals surface area contributed by atoms with Crippen LogP contribution in [0.1, 0.15) is 0 Å². The number of rotatable bonds is 2. The van der Waals surface area contributed by atoms with E-state index in [0.717, 1.165) is 0 Å². The highest BCUT2D eigenvalue weighted by Crippen LogP contribution is 1.60. The van der Waals surface area contributed by atoms with E-state index >= 15 is 0 Å². The molecule has 0 heterocycles. The van der Waals surface area contributed by atoms with E-state index in [9.17, 15) is 0 Å². The van der Waals surface area contributed by atoms with Crippen LogP contribution in [0.15, 0.2) is 12.3 Å². The average Bonchev–Trinajstić information content (AvgIpc) is 1.61. The normalized spacial score (nSPS) is 9.29. The van der Waals surface area contributed by atoms with Crippen molar-refractivity contribution in [2.24, 2.45) is 5.73 Å². The van der Waals surface area contributed by atoms with Gasteiger partial charge in [0.15, 0.2) is 0 Å². The molecule has 0 aromatic rings. The molecule has 0 amide bonds. The van der Waals surface area contributed by atoms with Crippen molar-refractivity contribution in [3.05, 3.63) is 12.3 Å². The monoisotopic (exact) mass is 99.1 g/mol. The van der Waals surface area contributed by atoms with E-state index in [1.54, 1.807) is 13.2 Å². The fourth-order valence-electron chi connectivity index (χ4n) is 0.173. The molecule has 0 unspecified atom stereocenters. The van der Waals surface area contributed by atoms with Crippen LogP contribution in [0, 0.1) is 5.41 Å². The molecule has 0 aliphatic carbocycles. The van der Waals surface area contributed by atoms with Crippen LogP contribution in [0.5, 0.6) is 0 Å². The van der Waals surface area contributed by atoms with Gasteiger partial charge in [-0.3, -0.25) is 5.41 Å². The first kappa shape index (κ1) is 6.01. The molecule has 0 atom stereocenters. The second-order valence-electron chi connectivity index (χ2n) is 1.08. The first-order valence-electron chi connectivity index (χ1n) is 1.95. The number of hydrogen-bond acceptors (Lipinski definition) is 2. The van der Waals surface area contributed by atoms with E-state index in [-0.39, 0.29) is 5.84 Å². The van der Waals surface area contributed by atoms with Gasteiger partial charge in [-0.25, -0.2) is 0 Å². The number of amidine groups is 1. The van der Waals surface area contributed by atoms with Gasteiger partial charge in [0, 0.05) is 7.05 Å². The molecule has 4 N–H and O–H groups in total. The third kappa shape index (κ3) is 5.01. The van der Waals surface area contributed by atoms with E-state index in [1.165, 1.54) is 6.08 Å². The van der Waals surface area contributed by atoms with Crippen LogP contribution in [0.4, 0.5) is 0 Å². The Labute approximate surface area is 42.7 Å². The lowest BCUT2D eigenvalue weighted by Crippen LogP contribution is -2.06. The fraction of sp³-hybridized carbons (Fsp3) is 0.250. The van der Waals surface area contributed by atoms with Crippen LogP contribution in [-0.4, -0.2) is 12.9 Å². The molecule has 40 valence electrons. The van der Waals surface area contributed by atoms with Crippen molar-refractivity contribution in [1.82, 2.24) is 5.32 Å². The molecule has 0 aromatic heterocycles. The van der Waals surface area contributed by atoms with Crippen LogP contribution in [-0.2, 0) is 0 Å². The molecule has 0 saturated carbocycles. The highest BCUT2D eigenvalue weighted by atomic mass is 14.8. The Morgan fingerprint density at radius 3 is 2.57 bits per heavy atom. The van der Waals surface area contributed by atoms with E-state index in [4.69, 9.17) is 11.1 Å². The van der Waals surface area contributed by atoms with E-state index in [1.807, 2.05) is 0 Å². The lowest BCUT2D eigenvalue weighted by Gasteiger charge is -1.82. The molecule has 3 heteroatoms. The molecule has 0 saturated heterocycles. The molecule has 7 heavy (non-hydrogen) atoms. The minimum atomic E-state index is 0.0642. The lowest BCUT2D eigenvalue weighted by molar-refractivity contribution is 1.10. The molecule has 0 rings (SSSR count). The molecule has 0 aromatic carbocycles. The predicted octanol–water partition coefficient (Wildman–Crippen LogP) is -0.345. The standard InChI is InChI=1S/C4H9N3/c1-7-3-2-4(5)6/h2-3,7H,1H3,(H3,5,6). The zero-order valence-electron chi connectivity index (χ0n) is 4.23. The summed E-state index contributed by atoms with van der Waals surface area (Å²) in [5.41, 5.74) is 4.93. The minimum Gasteiger partial charge on any atom is -0.394 e. The maximum absolute atomic E-state index is 6.65. The van der Waals surface area contributed by atoms with Crippen LogP contribution >= 0.6 is 0 Å². The smallest absolute Gasteiger partial charge is 0.116 e. The van der Waals surface area contributed by atoms with Gasteiger partial charge in [0.1, 0.15) is 5.84 Å². The van der Waals surface area contributed by atoms with Gasteiger partial charge in [0.05, 0.1) is 0 Å². The lowest BCUT2D eigenvalue weighted by atomic mass is 10.6. The van der Waals surface area contributed by atoms with Crippen LogP contribution in [0.25, 0.3) is 0 Å². The summed E-state index contributed by atoms with van der Waals surface area (Å²) in [5, 5.41) is 9.35. The molecule has 0 aliphatic heterocycles. The average molecular weight is 99.1 g/mol. The number of nitrogens with one attached hydrogen (secondary N) is 2. The third-order valence-electron chi connectivity index (χ3n) is 0.430. The Kier molecular flexibility index (Phi) is 2.76. The van der Waals surface area contributed by atoms with Crippen LogP contribution in [0.2, 0.25) is 0 Å². The first-order chi connectivity index (χ1) is 3.27. The second kappa shape index (κ2) is 3.21. The molecule has 0 radical (unpaired) electrons. The van der Waals surface area contributed by atoms with Crippen LogP contribution in [0.3, 0.4) is 0 Å². The summed E-state index contributed by atoms with van der Waals surface area (Å²) < 4.78 is 0. The van der Waals surface area contributed by atoms with Gasteiger partial charge >= 0.3 is 0 Å². The van der Waals surface area contributed by atoms with Crippen molar-refractivity contribution in [2.75, 3.05) is 7.05 Å². The summed E-state index contributed by atoms with van der Waals surface area (Å²) in [4.78, 5) is 0. The van der Waals surface area contributed by atoms with Gasteiger partial charge in [0.25, 0.3) is 0 Å². The summed E-state index contributed by atoms with van der Waals surface area (Å²) in [6.45, 7) is 0. The highest BCUT2D eigenvalue weighted by molar-refractivity contribution is 5.88. The van der Waals surface area contributed by atoms with Crippen LogP contribution < -0.4 is 11.1 Å². The van der Waals surface area contributed by atoms with Crippen molar-refractivity contribution in [3.63, 3.8) is 0 Å². The van der Waals surface area contributed by atoms with Crippen molar-refractivity contribution in [2.45, 2.75) is 0 Å². The van der Waals surface area contributed by atoms with E-state index < -0.39 is 0 Å². The molecular formula is C4H9N3. The predicted molar refractivity (Wildman–Crippen MR) is 30.1 cm³/mol. The zero-order chi connectivity index (χ0) is 5.70. The van der Waals surface area contributed by atoms with Crippen molar-refractivity contribution < 1.29 is 0 Å². The van der Waals surface area contributed by atoms with Crippen molar-refractivity contribution >= 4 is 5.84 Å². The van der Waals surface area contributed by atoms with Crippen molar-refractivity contribution in [1.29, 1.82) is 5.41 Å². The largest absolute Gasteiger partial charge is 0.394 e. The summed E-state index contributed by atoms with van der Waals surface area (Å²) in [7, 11) is 1.75. The van der Waals surface area contributed by atoms with Gasteiger partial charge in [-0.1, -0.05) is 0 Å². The van der Waals surface area contributed by atoms with Gasteiger partial charge in [-0.2, -0.15) is 0 Å². The highest BCUT2D eigenvalue weighted by Gasteiger charge is 1.69. The topological polar surface area (TPSA) is 61.9 Å². The Morgan fingerprint density at radius 2 is 2.43 bits per heavy atom. The Balaban J connectivity index is 3.26. The summed E-state index contributed by atoms with van der Waals surface area (Å²) in [5.74, 6) is 0.0642. The Hall–Kier alpha value is -0.990. The molecule has 0 fully saturated rings. The minimum absolute atomic E-state index is 0.0642. The maximum Gasteiger partial charge on any atom is 0.116 e. The zero-order valence-corrected chi connectivity index (χ0v) is 4.23. The molecule has 0 spiro atoms. The Bertz CT molecular complexity index is 84.9. The first-order valence-corrected chi connectivity index (χ1v) is 1.95. The maximum atomic E-state index is 6.65. The number of nitrogens with two attached hydrogens (primary N) is 1. The van der Waals surface area contributed by atoms with E-state index in [0.29, 0.717) is 0 Å². The van der Waals surface area contributed by atoms with Gasteiger partial charge in [0.2, 0.25) is 0 Å². The molecule has 0 bridgehead atoms. The Morgan fingerprint density at radius 1 is 1.86 bits per heavy atom. The van der Waals surface area contributed by atoms with Gasteiger partial charge in [-0.15, -0.1) is 0 Å². The van der Waals surface area contributed by atoms with E-state index in [2.05, 4.69) is 5.32 Å². The molecular weight excluding hydrogens is 90.1 g/mol. The second-order valence-corrected chi connectivity index (χ2v) is 1.08. The summed E-state index contributed by atoms with van der Waals surface area (Å²) >= 11 is 0. The summed E-state index contributed by atoms with van der Waals surface area (Å²) in [6.07, 6.45) is 3.07. The summed E-state index contributed by atoms with van der Waals surface area (Å²) in [6, 6.07) is 0.